The van der Waals surface area contributed by atoms with Gasteiger partial charge in [0, 0.05) is 29.8 Å². The van der Waals surface area contributed by atoms with Gasteiger partial charge in [-0.05, 0) is 31.2 Å². The Morgan fingerprint density at radius 2 is 1.95 bits per heavy atom. The van der Waals surface area contributed by atoms with E-state index in [4.69, 9.17) is 0 Å². The molecule has 0 aliphatic heterocycles. The Bertz CT molecular complexity index is 742. The minimum absolute atomic E-state index is 0.186. The van der Waals surface area contributed by atoms with Crippen LogP contribution in [0.2, 0.25) is 0 Å². The monoisotopic (exact) mass is 254 g/mol. The first-order valence-electron chi connectivity index (χ1n) is 5.83. The number of nitrogens with zero attached hydrogens (tertiary/aromatic N) is 3. The fourth-order valence-corrected chi connectivity index (χ4v) is 1.82. The summed E-state index contributed by atoms with van der Waals surface area (Å²) in [5, 5.41) is 2.95. The molecule has 0 aromatic carbocycles. The number of fused-ring (bicyclic) bond motifs is 1. The standard InChI is InChI=1S/C14H11FN4/c1-9-7-10(4-6-16-9)18-14-11(15)8-13-12(19-14)3-2-5-17-13/h2-8H,1H3,(H,16,18,19). The molecule has 5 heteroatoms. The van der Waals surface area contributed by atoms with E-state index >= 15 is 0 Å². The Labute approximate surface area is 109 Å². The van der Waals surface area contributed by atoms with Gasteiger partial charge in [-0.1, -0.05) is 0 Å². The molecule has 4 nitrogen and oxygen atoms in total. The van der Waals surface area contributed by atoms with Crippen molar-refractivity contribution in [3.63, 3.8) is 0 Å². The Morgan fingerprint density at radius 1 is 1.05 bits per heavy atom. The van der Waals surface area contributed by atoms with Crippen LogP contribution >= 0.6 is 0 Å². The number of halogens is 1. The maximum Gasteiger partial charge on any atom is 0.168 e. The van der Waals surface area contributed by atoms with Crippen LogP contribution in [0.4, 0.5) is 15.9 Å². The van der Waals surface area contributed by atoms with Crippen LogP contribution in [0.5, 0.6) is 0 Å². The van der Waals surface area contributed by atoms with Gasteiger partial charge in [-0.25, -0.2) is 9.37 Å². The molecule has 0 aliphatic rings. The quantitative estimate of drug-likeness (QED) is 0.762. The molecule has 1 N–H and O–H groups in total. The van der Waals surface area contributed by atoms with Gasteiger partial charge in [0.1, 0.15) is 0 Å². The van der Waals surface area contributed by atoms with E-state index in [1.165, 1.54) is 6.07 Å². The third-order valence-corrected chi connectivity index (χ3v) is 2.70. The summed E-state index contributed by atoms with van der Waals surface area (Å²) < 4.78 is 13.9. The van der Waals surface area contributed by atoms with Crippen molar-refractivity contribution in [1.29, 1.82) is 0 Å². The van der Waals surface area contributed by atoms with Crippen LogP contribution < -0.4 is 5.32 Å². The lowest BCUT2D eigenvalue weighted by Crippen LogP contribution is -1.99. The van der Waals surface area contributed by atoms with Crippen LogP contribution in [-0.4, -0.2) is 15.0 Å². The molecular weight excluding hydrogens is 243 g/mol. The van der Waals surface area contributed by atoms with Crippen molar-refractivity contribution in [2.24, 2.45) is 0 Å². The summed E-state index contributed by atoms with van der Waals surface area (Å²) in [6.07, 6.45) is 3.28. The molecule has 19 heavy (non-hydrogen) atoms. The number of hydrogen-bond donors (Lipinski definition) is 1. The van der Waals surface area contributed by atoms with Crippen molar-refractivity contribution in [3.05, 3.63) is 54.2 Å². The van der Waals surface area contributed by atoms with Crippen LogP contribution in [0, 0.1) is 12.7 Å². The average Bonchev–Trinajstić information content (AvgIpc) is 2.40. The number of hydrogen-bond acceptors (Lipinski definition) is 4. The predicted molar refractivity (Wildman–Crippen MR) is 71.8 cm³/mol. The smallest absolute Gasteiger partial charge is 0.168 e. The minimum atomic E-state index is -0.430. The number of pyridine rings is 3. The van der Waals surface area contributed by atoms with Gasteiger partial charge in [0.05, 0.1) is 11.0 Å². The van der Waals surface area contributed by atoms with Crippen molar-refractivity contribution in [2.75, 3.05) is 5.32 Å². The zero-order valence-electron chi connectivity index (χ0n) is 10.3. The molecule has 0 fully saturated rings. The molecule has 0 radical (unpaired) electrons. The second kappa shape index (κ2) is 4.61. The van der Waals surface area contributed by atoms with Gasteiger partial charge in [-0.3, -0.25) is 9.97 Å². The summed E-state index contributed by atoms with van der Waals surface area (Å²) in [4.78, 5) is 12.4. The molecule has 0 atom stereocenters. The summed E-state index contributed by atoms with van der Waals surface area (Å²) in [6, 6.07) is 8.53. The van der Waals surface area contributed by atoms with Gasteiger partial charge < -0.3 is 5.32 Å². The fourth-order valence-electron chi connectivity index (χ4n) is 1.82. The molecule has 3 aromatic rings. The molecule has 94 valence electrons. The van der Waals surface area contributed by atoms with Crippen LogP contribution in [-0.2, 0) is 0 Å². The molecule has 0 saturated heterocycles. The lowest BCUT2D eigenvalue weighted by Gasteiger charge is -2.08. The highest BCUT2D eigenvalue weighted by Gasteiger charge is 2.07. The maximum absolute atomic E-state index is 13.9. The highest BCUT2D eigenvalue weighted by molar-refractivity contribution is 5.77. The third-order valence-electron chi connectivity index (χ3n) is 2.70. The maximum atomic E-state index is 13.9. The Hall–Kier alpha value is -2.56. The largest absolute Gasteiger partial charge is 0.338 e. The van der Waals surface area contributed by atoms with Gasteiger partial charge in [-0.15, -0.1) is 0 Å². The van der Waals surface area contributed by atoms with Gasteiger partial charge in [0.2, 0.25) is 0 Å². The van der Waals surface area contributed by atoms with Crippen molar-refractivity contribution in [3.8, 4) is 0 Å². The third kappa shape index (κ3) is 2.35. The highest BCUT2D eigenvalue weighted by Crippen LogP contribution is 2.21. The summed E-state index contributed by atoms with van der Waals surface area (Å²) in [5.41, 5.74) is 2.80. The molecule has 0 unspecified atom stereocenters. The van der Waals surface area contributed by atoms with E-state index in [9.17, 15) is 4.39 Å². The predicted octanol–water partition coefficient (Wildman–Crippen LogP) is 3.22. The van der Waals surface area contributed by atoms with Crippen molar-refractivity contribution < 1.29 is 4.39 Å². The molecule has 0 amide bonds. The van der Waals surface area contributed by atoms with E-state index < -0.39 is 5.82 Å². The van der Waals surface area contributed by atoms with Crippen LogP contribution in [0.1, 0.15) is 5.69 Å². The normalized spacial score (nSPS) is 10.6. The molecule has 0 aliphatic carbocycles. The zero-order chi connectivity index (χ0) is 13.2. The Kier molecular flexibility index (Phi) is 2.79. The zero-order valence-corrected chi connectivity index (χ0v) is 10.3. The SMILES string of the molecule is Cc1cc(Nc2nc3cccnc3cc2F)ccn1. The van der Waals surface area contributed by atoms with Gasteiger partial charge in [0.25, 0.3) is 0 Å². The number of anilines is 2. The topological polar surface area (TPSA) is 50.7 Å². The lowest BCUT2D eigenvalue weighted by atomic mass is 10.3. The summed E-state index contributed by atoms with van der Waals surface area (Å²) in [7, 11) is 0. The van der Waals surface area contributed by atoms with E-state index in [-0.39, 0.29) is 5.82 Å². The van der Waals surface area contributed by atoms with E-state index in [1.54, 1.807) is 30.6 Å². The summed E-state index contributed by atoms with van der Waals surface area (Å²) in [5.74, 6) is -0.244. The van der Waals surface area contributed by atoms with E-state index in [1.807, 2.05) is 13.0 Å². The second-order valence-electron chi connectivity index (χ2n) is 4.17. The van der Waals surface area contributed by atoms with E-state index in [0.29, 0.717) is 11.0 Å². The molecule has 0 spiro atoms. The number of aromatic nitrogens is 3. The molecule has 0 bridgehead atoms. The van der Waals surface area contributed by atoms with Crippen molar-refractivity contribution in [2.45, 2.75) is 6.92 Å². The summed E-state index contributed by atoms with van der Waals surface area (Å²) >= 11 is 0. The first-order valence-corrected chi connectivity index (χ1v) is 5.83. The molecule has 3 aromatic heterocycles. The van der Waals surface area contributed by atoms with Crippen molar-refractivity contribution in [1.82, 2.24) is 15.0 Å². The Morgan fingerprint density at radius 3 is 2.79 bits per heavy atom. The first-order chi connectivity index (χ1) is 9.22. The lowest BCUT2D eigenvalue weighted by molar-refractivity contribution is 0.628. The average molecular weight is 254 g/mol. The van der Waals surface area contributed by atoms with Gasteiger partial charge in [0.15, 0.2) is 11.6 Å². The number of aryl methyl sites for hydroxylation is 1. The first kappa shape index (κ1) is 11.5. The van der Waals surface area contributed by atoms with Crippen LogP contribution in [0.3, 0.4) is 0 Å². The molecule has 3 heterocycles. The van der Waals surface area contributed by atoms with Crippen LogP contribution in [0.15, 0.2) is 42.7 Å². The van der Waals surface area contributed by atoms with Crippen molar-refractivity contribution >= 4 is 22.5 Å². The second-order valence-corrected chi connectivity index (χ2v) is 4.17. The van der Waals surface area contributed by atoms with Gasteiger partial charge in [-0.2, -0.15) is 0 Å². The fraction of sp³-hybridized carbons (Fsp3) is 0.0714. The number of nitrogens with one attached hydrogen (secondary N) is 1. The highest BCUT2D eigenvalue weighted by atomic mass is 19.1. The van der Waals surface area contributed by atoms with E-state index in [0.717, 1.165) is 11.4 Å². The van der Waals surface area contributed by atoms with Crippen LogP contribution in [0.25, 0.3) is 11.0 Å². The molecule has 3 rings (SSSR count). The summed E-state index contributed by atoms with van der Waals surface area (Å²) in [6.45, 7) is 1.87. The molecule has 0 saturated carbocycles. The Balaban J connectivity index is 2.03. The molecular formula is C14H11FN4. The van der Waals surface area contributed by atoms with Gasteiger partial charge >= 0.3 is 0 Å². The minimum Gasteiger partial charge on any atom is -0.338 e. The number of rotatable bonds is 2. The van der Waals surface area contributed by atoms with E-state index in [2.05, 4.69) is 20.3 Å².